The molecule has 1 heterocycles. The maximum absolute atomic E-state index is 7.10. The van der Waals surface area contributed by atoms with E-state index in [1.165, 1.54) is 59.2 Å². The Bertz CT molecular complexity index is 1320. The normalized spacial score (nSPS) is 11.7. The number of pyridine rings is 1. The van der Waals surface area contributed by atoms with Crippen LogP contribution in [0.5, 0.6) is 0 Å². The minimum Gasteiger partial charge on any atom is -0.265 e. The largest absolute Gasteiger partial charge is 0.265 e. The first-order chi connectivity index (χ1) is 20.8. The molecule has 0 spiro atoms. The van der Waals surface area contributed by atoms with Crippen LogP contribution in [0.1, 0.15) is 152 Å². The van der Waals surface area contributed by atoms with Gasteiger partial charge in [-0.15, -0.1) is 0 Å². The molecule has 2 radical (unpaired) electrons. The van der Waals surface area contributed by atoms with Gasteiger partial charge >= 0.3 is 249 Å². The molecule has 0 saturated heterocycles. The van der Waals surface area contributed by atoms with E-state index >= 15 is 0 Å². The average Bonchev–Trinajstić information content (AvgIpc) is 3.00. The SMILES string of the molecule is CC(C)c1cc(C(C)C)c(-c2cccc(-c3c(C(C)C)cc(C(C)C)cc3C(C)C)[c]2[Sn][Cl])c(C(C)C)c1.c1ccncc1. The monoisotopic (exact) mass is 715 g/mol. The van der Waals surface area contributed by atoms with Crippen LogP contribution in [0.25, 0.3) is 22.3 Å². The first kappa shape index (κ1) is 36.4. The van der Waals surface area contributed by atoms with Crippen molar-refractivity contribution in [2.24, 2.45) is 0 Å². The summed E-state index contributed by atoms with van der Waals surface area (Å²) in [6.45, 7) is 28.0. The summed E-state index contributed by atoms with van der Waals surface area (Å²) in [5.74, 6) is 2.80. The van der Waals surface area contributed by atoms with E-state index in [1.54, 1.807) is 12.4 Å². The molecule has 4 aromatic rings. The van der Waals surface area contributed by atoms with Crippen LogP contribution >= 0.6 is 8.92 Å². The summed E-state index contributed by atoms with van der Waals surface area (Å²) in [7, 11) is 7.10. The molecule has 1 aromatic heterocycles. The molecule has 0 unspecified atom stereocenters. The molecule has 1 nitrogen and oxygen atoms in total. The van der Waals surface area contributed by atoms with Crippen LogP contribution in [0.2, 0.25) is 0 Å². The molecule has 0 aliphatic rings. The standard InChI is InChI=1S/C36H49.C5H5N.ClH.Sn/c1-21(2)29-17-31(23(5)6)35(32(18-29)24(7)8)27-14-13-15-28(16-27)36-33(25(9)10)19-30(22(3)4)20-34(36)26(11)12;1-2-4-6-5-3-1;;/h13-15,17-26H,1-12H3;1-5H;1H;/q;;;+1/p-1. The van der Waals surface area contributed by atoms with E-state index in [9.17, 15) is 0 Å². The summed E-state index contributed by atoms with van der Waals surface area (Å²) in [4.78, 5) is 3.78. The first-order valence-electron chi connectivity index (χ1n) is 16.5. The number of benzene rings is 3. The second kappa shape index (κ2) is 16.5. The van der Waals surface area contributed by atoms with Gasteiger partial charge in [0.15, 0.2) is 0 Å². The fraction of sp³-hybridized carbons (Fsp3) is 0.439. The Morgan fingerprint density at radius 2 is 0.818 bits per heavy atom. The Balaban J connectivity index is 0.000000785. The van der Waals surface area contributed by atoms with Gasteiger partial charge in [0, 0.05) is 12.4 Å². The zero-order valence-electron chi connectivity index (χ0n) is 29.2. The van der Waals surface area contributed by atoms with Crippen LogP contribution in [0, 0.1) is 0 Å². The van der Waals surface area contributed by atoms with E-state index < -0.39 is 20.0 Å². The van der Waals surface area contributed by atoms with Crippen LogP contribution in [0.15, 0.2) is 73.1 Å². The molecule has 0 N–H and O–H groups in total. The summed E-state index contributed by atoms with van der Waals surface area (Å²) in [5.41, 5.74) is 14.4. The summed E-state index contributed by atoms with van der Waals surface area (Å²) in [6, 6.07) is 22.6. The Labute approximate surface area is 283 Å². The van der Waals surface area contributed by atoms with Crippen LogP contribution in [-0.2, 0) is 0 Å². The molecule has 3 aromatic carbocycles. The third-order valence-corrected chi connectivity index (χ3v) is 11.9. The van der Waals surface area contributed by atoms with Gasteiger partial charge in [-0.25, -0.2) is 0 Å². The number of hydrogen-bond acceptors (Lipinski definition) is 1. The minimum atomic E-state index is -1.33. The van der Waals surface area contributed by atoms with Crippen molar-refractivity contribution in [3.63, 3.8) is 0 Å². The van der Waals surface area contributed by atoms with Crippen molar-refractivity contribution in [2.75, 3.05) is 0 Å². The van der Waals surface area contributed by atoms with Crippen LogP contribution in [0.4, 0.5) is 0 Å². The number of hydrogen-bond donors (Lipinski definition) is 0. The van der Waals surface area contributed by atoms with Crippen molar-refractivity contribution in [1.82, 2.24) is 4.98 Å². The van der Waals surface area contributed by atoms with Gasteiger partial charge in [0.2, 0.25) is 0 Å². The van der Waals surface area contributed by atoms with Crippen molar-refractivity contribution < 1.29 is 0 Å². The maximum atomic E-state index is 7.10. The van der Waals surface area contributed by atoms with Gasteiger partial charge < -0.3 is 0 Å². The Hall–Kier alpha value is -2.10. The molecule has 0 aliphatic heterocycles. The van der Waals surface area contributed by atoms with Crippen LogP contribution in [-0.4, -0.2) is 25.0 Å². The van der Waals surface area contributed by atoms with E-state index in [4.69, 9.17) is 8.92 Å². The molecule has 0 saturated carbocycles. The second-order valence-electron chi connectivity index (χ2n) is 13.9. The molecule has 44 heavy (non-hydrogen) atoms. The fourth-order valence-electron chi connectivity index (χ4n) is 5.92. The number of aromatic nitrogens is 1. The molecule has 3 heteroatoms. The molecular weight excluding hydrogens is 661 g/mol. The Kier molecular flexibility index (Phi) is 13.6. The van der Waals surface area contributed by atoms with E-state index in [-0.39, 0.29) is 0 Å². The van der Waals surface area contributed by atoms with Gasteiger partial charge in [-0.3, -0.25) is 4.98 Å². The average molecular weight is 715 g/mol. The van der Waals surface area contributed by atoms with Gasteiger partial charge in [-0.1, -0.05) is 6.07 Å². The first-order valence-corrected chi connectivity index (χ1v) is 21.5. The summed E-state index contributed by atoms with van der Waals surface area (Å²) in [6.07, 6.45) is 3.50. The topological polar surface area (TPSA) is 12.9 Å². The van der Waals surface area contributed by atoms with Crippen molar-refractivity contribution in [1.29, 1.82) is 0 Å². The molecular formula is C41H54ClNSn. The molecule has 0 aliphatic carbocycles. The predicted octanol–water partition coefficient (Wildman–Crippen LogP) is 12.3. The third kappa shape index (κ3) is 8.58. The van der Waals surface area contributed by atoms with Crippen LogP contribution < -0.4 is 3.58 Å². The fourth-order valence-corrected chi connectivity index (χ4v) is 9.05. The van der Waals surface area contributed by atoms with Gasteiger partial charge in [-0.05, 0) is 12.1 Å². The Morgan fingerprint density at radius 3 is 1.02 bits per heavy atom. The van der Waals surface area contributed by atoms with Crippen molar-refractivity contribution in [3.05, 3.63) is 106 Å². The number of nitrogens with zero attached hydrogens (tertiary/aromatic N) is 1. The van der Waals surface area contributed by atoms with Crippen molar-refractivity contribution in [3.8, 4) is 22.3 Å². The van der Waals surface area contributed by atoms with Crippen molar-refractivity contribution in [2.45, 2.75) is 119 Å². The number of halogens is 1. The molecule has 0 bridgehead atoms. The molecule has 0 atom stereocenters. The van der Waals surface area contributed by atoms with Crippen molar-refractivity contribution >= 4 is 32.5 Å². The number of rotatable bonds is 9. The zero-order chi connectivity index (χ0) is 32.7. The molecule has 4 rings (SSSR count). The minimum absolute atomic E-state index is 0.446. The molecule has 234 valence electrons. The predicted molar refractivity (Wildman–Crippen MR) is 197 cm³/mol. The smallest absolute Gasteiger partial charge is 0.0267 e. The summed E-state index contributed by atoms with van der Waals surface area (Å²) in [5, 5.41) is 0. The summed E-state index contributed by atoms with van der Waals surface area (Å²) < 4.78 is 1.43. The van der Waals surface area contributed by atoms with Gasteiger partial charge in [0.05, 0.1) is 0 Å². The van der Waals surface area contributed by atoms with E-state index in [0.717, 1.165) is 0 Å². The van der Waals surface area contributed by atoms with E-state index in [1.807, 2.05) is 18.2 Å². The van der Waals surface area contributed by atoms with E-state index in [2.05, 4.69) is 131 Å². The summed E-state index contributed by atoms with van der Waals surface area (Å²) >= 11 is -1.33. The Morgan fingerprint density at radius 1 is 0.477 bits per heavy atom. The van der Waals surface area contributed by atoms with Gasteiger partial charge in [0.25, 0.3) is 0 Å². The molecule has 0 fully saturated rings. The quantitative estimate of drug-likeness (QED) is 0.157. The third-order valence-electron chi connectivity index (χ3n) is 8.53. The zero-order valence-corrected chi connectivity index (χ0v) is 32.8. The second-order valence-corrected chi connectivity index (χ2v) is 17.2. The van der Waals surface area contributed by atoms with E-state index in [0.29, 0.717) is 35.5 Å². The van der Waals surface area contributed by atoms with Crippen LogP contribution in [0.3, 0.4) is 0 Å². The molecule has 0 amide bonds. The van der Waals surface area contributed by atoms with Gasteiger partial charge in [0.1, 0.15) is 0 Å². The maximum Gasteiger partial charge on any atom is 0.0267 e. The van der Waals surface area contributed by atoms with Gasteiger partial charge in [-0.2, -0.15) is 0 Å².